The van der Waals surface area contributed by atoms with Crippen LogP contribution in [-0.4, -0.2) is 36.9 Å². The van der Waals surface area contributed by atoms with Gasteiger partial charge in [0, 0.05) is 4.90 Å². The summed E-state index contributed by atoms with van der Waals surface area (Å²) in [4.78, 5) is 38.5. The largest absolute Gasteiger partial charge is 0.466 e. The van der Waals surface area contributed by atoms with Gasteiger partial charge in [0.15, 0.2) is 0 Å². The van der Waals surface area contributed by atoms with Gasteiger partial charge in [-0.2, -0.15) is 0 Å². The summed E-state index contributed by atoms with van der Waals surface area (Å²) in [6.07, 6.45) is -1.89. The van der Waals surface area contributed by atoms with E-state index < -0.39 is 35.2 Å². The number of methoxy groups -OCH3 is 1. The molecular weight excluding hydrogens is 512 g/mol. The van der Waals surface area contributed by atoms with Gasteiger partial charge < -0.3 is 14.2 Å². The number of hydrogen-bond acceptors (Lipinski definition) is 7. The first-order chi connectivity index (χ1) is 19.0. The molecule has 0 aliphatic heterocycles. The van der Waals surface area contributed by atoms with Gasteiger partial charge in [0.05, 0.1) is 13.7 Å². The van der Waals surface area contributed by atoms with E-state index >= 15 is 0 Å². The molecule has 0 spiro atoms. The Balaban J connectivity index is 1.60. The van der Waals surface area contributed by atoms with Crippen molar-refractivity contribution in [2.24, 2.45) is 0 Å². The fraction of sp³-hybridized carbons (Fsp3) is 0.156. The Morgan fingerprint density at radius 3 is 1.56 bits per heavy atom. The number of benzene rings is 4. The summed E-state index contributed by atoms with van der Waals surface area (Å²) in [7, 11) is 1.21. The molecule has 0 unspecified atom stereocenters. The molecule has 0 saturated heterocycles. The molecule has 0 aromatic heterocycles. The van der Waals surface area contributed by atoms with E-state index in [9.17, 15) is 14.4 Å². The van der Waals surface area contributed by atoms with Crippen molar-refractivity contribution < 1.29 is 28.6 Å². The van der Waals surface area contributed by atoms with Crippen LogP contribution in [0, 0.1) is 0 Å². The topological polar surface area (TPSA) is 78.9 Å². The second kappa shape index (κ2) is 13.6. The van der Waals surface area contributed by atoms with Crippen LogP contribution in [0.4, 0.5) is 0 Å². The van der Waals surface area contributed by atoms with Gasteiger partial charge in [-0.1, -0.05) is 121 Å². The number of ether oxygens (including phenoxy) is 3. The van der Waals surface area contributed by atoms with Gasteiger partial charge in [-0.05, 0) is 28.8 Å². The van der Waals surface area contributed by atoms with E-state index in [0.717, 1.165) is 28.5 Å². The summed E-state index contributed by atoms with van der Waals surface area (Å²) < 4.78 is 17.0. The third-order valence-electron chi connectivity index (χ3n) is 5.99. The van der Waals surface area contributed by atoms with Gasteiger partial charge >= 0.3 is 11.9 Å². The minimum Gasteiger partial charge on any atom is -0.466 e. The van der Waals surface area contributed by atoms with Gasteiger partial charge in [-0.3, -0.25) is 9.59 Å². The molecule has 4 aromatic rings. The zero-order valence-corrected chi connectivity index (χ0v) is 22.2. The van der Waals surface area contributed by atoms with E-state index in [0.29, 0.717) is 4.90 Å². The van der Waals surface area contributed by atoms with Crippen LogP contribution in [0.1, 0.15) is 23.1 Å². The third kappa shape index (κ3) is 7.02. The molecule has 0 amide bonds. The van der Waals surface area contributed by atoms with Crippen LogP contribution >= 0.6 is 11.8 Å². The predicted octanol–water partition coefficient (Wildman–Crippen LogP) is 5.79. The first-order valence-electron chi connectivity index (χ1n) is 12.4. The molecule has 0 saturated carbocycles. The van der Waals surface area contributed by atoms with Crippen molar-refractivity contribution in [1.82, 2.24) is 0 Å². The Bertz CT molecular complexity index is 1260. The highest BCUT2D eigenvalue weighted by Gasteiger charge is 2.39. The predicted molar refractivity (Wildman–Crippen MR) is 149 cm³/mol. The van der Waals surface area contributed by atoms with E-state index in [2.05, 4.69) is 0 Å². The molecule has 198 valence electrons. The Morgan fingerprint density at radius 2 is 1.13 bits per heavy atom. The second-order valence-corrected chi connectivity index (χ2v) is 9.69. The standard InChI is InChI=1S/C32H28O6S/c1-36-31(35)28(38-29(33)22-30(34)39-27-20-12-5-13-21-27)23-37-32(24-14-6-2-7-15-24,25-16-8-3-9-17-25)26-18-10-4-11-19-26/h2-21,28H,22-23H2,1H3/t28-/m1/s1. The van der Waals surface area contributed by atoms with E-state index in [1.165, 1.54) is 7.11 Å². The number of hydrogen-bond donors (Lipinski definition) is 0. The van der Waals surface area contributed by atoms with Crippen LogP contribution in [0.25, 0.3) is 0 Å². The van der Waals surface area contributed by atoms with Crippen LogP contribution in [0.5, 0.6) is 0 Å². The number of rotatable bonds is 11. The summed E-state index contributed by atoms with van der Waals surface area (Å²) >= 11 is 0.935. The van der Waals surface area contributed by atoms with E-state index in [4.69, 9.17) is 14.2 Å². The van der Waals surface area contributed by atoms with E-state index in [1.54, 1.807) is 24.3 Å². The molecule has 7 heteroatoms. The maximum atomic E-state index is 12.7. The summed E-state index contributed by atoms with van der Waals surface area (Å²) in [5, 5.41) is -0.400. The fourth-order valence-electron chi connectivity index (χ4n) is 4.23. The Kier molecular flexibility index (Phi) is 9.67. The van der Waals surface area contributed by atoms with Crippen LogP contribution < -0.4 is 0 Å². The number of carbonyl (C=O) groups is 3. The summed E-state index contributed by atoms with van der Waals surface area (Å²) in [6.45, 7) is -0.308. The average molecular weight is 541 g/mol. The lowest BCUT2D eigenvalue weighted by atomic mass is 9.80. The number of carbonyl (C=O) groups excluding carboxylic acids is 3. The Labute approximate surface area is 231 Å². The van der Waals surface area contributed by atoms with Crippen molar-refractivity contribution in [3.8, 4) is 0 Å². The molecule has 0 radical (unpaired) electrons. The van der Waals surface area contributed by atoms with Crippen molar-refractivity contribution in [2.75, 3.05) is 13.7 Å². The maximum absolute atomic E-state index is 12.7. The lowest BCUT2D eigenvalue weighted by molar-refractivity contribution is -0.173. The Hall–Kier alpha value is -4.20. The molecule has 1 atom stereocenters. The van der Waals surface area contributed by atoms with Gasteiger partial charge in [-0.15, -0.1) is 0 Å². The molecule has 0 bridgehead atoms. The fourth-order valence-corrected chi connectivity index (χ4v) is 4.97. The highest BCUT2D eigenvalue weighted by molar-refractivity contribution is 8.13. The molecular formula is C32H28O6S. The van der Waals surface area contributed by atoms with Crippen molar-refractivity contribution in [3.05, 3.63) is 138 Å². The SMILES string of the molecule is COC(=O)[C@@H](COC(c1ccccc1)(c1ccccc1)c1ccccc1)OC(=O)CC(=O)Sc1ccccc1. The summed E-state index contributed by atoms with van der Waals surface area (Å²) in [5.41, 5.74) is 1.35. The molecule has 6 nitrogen and oxygen atoms in total. The third-order valence-corrected chi connectivity index (χ3v) is 6.87. The normalized spacial score (nSPS) is 11.8. The second-order valence-electron chi connectivity index (χ2n) is 8.56. The quantitative estimate of drug-likeness (QED) is 0.103. The van der Waals surface area contributed by atoms with Gasteiger partial charge in [-0.25, -0.2) is 4.79 Å². The minimum atomic E-state index is -1.38. The van der Waals surface area contributed by atoms with Crippen molar-refractivity contribution in [2.45, 2.75) is 23.0 Å². The first kappa shape index (κ1) is 27.8. The molecule has 0 N–H and O–H groups in total. The van der Waals surface area contributed by atoms with Crippen LogP contribution in [0.15, 0.2) is 126 Å². The monoisotopic (exact) mass is 540 g/mol. The zero-order chi connectivity index (χ0) is 27.5. The summed E-state index contributed by atoms with van der Waals surface area (Å²) in [5.74, 6) is -1.62. The number of esters is 2. The molecule has 0 fully saturated rings. The first-order valence-corrected chi connectivity index (χ1v) is 13.2. The van der Waals surface area contributed by atoms with Crippen molar-refractivity contribution in [1.29, 1.82) is 0 Å². The van der Waals surface area contributed by atoms with E-state index in [-0.39, 0.29) is 6.61 Å². The van der Waals surface area contributed by atoms with Gasteiger partial charge in [0.25, 0.3) is 0 Å². The molecule has 0 aliphatic carbocycles. The molecule has 0 aliphatic rings. The van der Waals surface area contributed by atoms with Crippen molar-refractivity contribution in [3.63, 3.8) is 0 Å². The minimum absolute atomic E-state index is 0.308. The maximum Gasteiger partial charge on any atom is 0.349 e. The summed E-state index contributed by atoms with van der Waals surface area (Å²) in [6, 6.07) is 37.8. The zero-order valence-electron chi connectivity index (χ0n) is 21.4. The molecule has 4 rings (SSSR count). The molecule has 0 heterocycles. The highest BCUT2D eigenvalue weighted by atomic mass is 32.2. The van der Waals surface area contributed by atoms with E-state index in [1.807, 2.05) is 97.1 Å². The highest BCUT2D eigenvalue weighted by Crippen LogP contribution is 2.40. The Morgan fingerprint density at radius 1 is 0.692 bits per heavy atom. The lowest BCUT2D eigenvalue weighted by Gasteiger charge is -2.36. The molecule has 39 heavy (non-hydrogen) atoms. The number of thioether (sulfide) groups is 1. The van der Waals surface area contributed by atoms with Crippen molar-refractivity contribution >= 4 is 28.8 Å². The smallest absolute Gasteiger partial charge is 0.349 e. The van der Waals surface area contributed by atoms with Crippen LogP contribution in [-0.2, 0) is 34.2 Å². The lowest BCUT2D eigenvalue weighted by Crippen LogP contribution is -2.40. The van der Waals surface area contributed by atoms with Crippen LogP contribution in [0.2, 0.25) is 0 Å². The van der Waals surface area contributed by atoms with Gasteiger partial charge in [0.1, 0.15) is 12.0 Å². The van der Waals surface area contributed by atoms with Gasteiger partial charge in [0.2, 0.25) is 11.2 Å². The van der Waals surface area contributed by atoms with Crippen LogP contribution in [0.3, 0.4) is 0 Å². The molecule has 4 aromatic carbocycles. The average Bonchev–Trinajstić information content (AvgIpc) is 2.98.